The van der Waals surface area contributed by atoms with Crippen molar-refractivity contribution in [2.24, 2.45) is 0 Å². The Labute approximate surface area is 117 Å². The molecule has 0 saturated heterocycles. The summed E-state index contributed by atoms with van der Waals surface area (Å²) in [6.07, 6.45) is 2.98. The minimum absolute atomic E-state index is 0.189. The van der Waals surface area contributed by atoms with E-state index in [1.807, 2.05) is 36.2 Å². The normalized spacial score (nSPS) is 10.1. The average molecular weight is 272 g/mol. The summed E-state index contributed by atoms with van der Waals surface area (Å²) in [6, 6.07) is 7.59. The molecule has 2 aromatic rings. The Bertz CT molecular complexity index is 598. The molecule has 2 N–H and O–H groups in total. The van der Waals surface area contributed by atoms with Crippen LogP contribution in [0.4, 0.5) is 11.5 Å². The molecule has 0 amide bonds. The molecule has 0 aliphatic heterocycles. The van der Waals surface area contributed by atoms with E-state index in [1.165, 1.54) is 13.3 Å². The second-order valence-electron chi connectivity index (χ2n) is 4.35. The summed E-state index contributed by atoms with van der Waals surface area (Å²) < 4.78 is 4.63. The highest BCUT2D eigenvalue weighted by Crippen LogP contribution is 2.13. The first-order valence-corrected chi connectivity index (χ1v) is 6.06. The molecule has 0 unspecified atom stereocenters. The maximum atomic E-state index is 11.4. The van der Waals surface area contributed by atoms with E-state index in [0.717, 1.165) is 11.3 Å². The van der Waals surface area contributed by atoms with Crippen LogP contribution in [0.2, 0.25) is 0 Å². The van der Waals surface area contributed by atoms with Crippen LogP contribution in [0.3, 0.4) is 0 Å². The van der Waals surface area contributed by atoms with Crippen molar-refractivity contribution in [1.82, 2.24) is 9.97 Å². The average Bonchev–Trinajstić information content (AvgIpc) is 2.49. The van der Waals surface area contributed by atoms with Gasteiger partial charge >= 0.3 is 5.97 Å². The zero-order chi connectivity index (χ0) is 14.5. The second-order valence-corrected chi connectivity index (χ2v) is 4.35. The van der Waals surface area contributed by atoms with Gasteiger partial charge in [-0.15, -0.1) is 0 Å². The Kier molecular flexibility index (Phi) is 4.14. The minimum Gasteiger partial charge on any atom is -0.464 e. The van der Waals surface area contributed by atoms with E-state index in [2.05, 4.69) is 14.7 Å². The standard InChI is InChI=1S/C14H16N4O2/c1-18(9-10-3-5-11(15)6-4-10)13-8-16-7-12(17-13)14(19)20-2/h3-8H,9,15H2,1-2H3. The Morgan fingerprint density at radius 1 is 1.30 bits per heavy atom. The van der Waals surface area contributed by atoms with E-state index < -0.39 is 5.97 Å². The topological polar surface area (TPSA) is 81.3 Å². The van der Waals surface area contributed by atoms with Crippen LogP contribution in [0.25, 0.3) is 0 Å². The molecule has 0 aliphatic rings. The van der Waals surface area contributed by atoms with Crippen molar-refractivity contribution in [2.45, 2.75) is 6.54 Å². The van der Waals surface area contributed by atoms with E-state index >= 15 is 0 Å². The molecular weight excluding hydrogens is 256 g/mol. The Morgan fingerprint density at radius 3 is 2.65 bits per heavy atom. The summed E-state index contributed by atoms with van der Waals surface area (Å²) in [5.41, 5.74) is 7.65. The van der Waals surface area contributed by atoms with Gasteiger partial charge in [0.25, 0.3) is 0 Å². The smallest absolute Gasteiger partial charge is 0.358 e. The molecule has 104 valence electrons. The number of rotatable bonds is 4. The third-order valence-electron chi connectivity index (χ3n) is 2.81. The van der Waals surface area contributed by atoms with Crippen LogP contribution in [-0.4, -0.2) is 30.1 Å². The first kappa shape index (κ1) is 13.8. The van der Waals surface area contributed by atoms with Crippen LogP contribution in [0.1, 0.15) is 16.1 Å². The van der Waals surface area contributed by atoms with E-state index in [-0.39, 0.29) is 5.69 Å². The van der Waals surface area contributed by atoms with Gasteiger partial charge in [-0.1, -0.05) is 12.1 Å². The number of aromatic nitrogens is 2. The van der Waals surface area contributed by atoms with Crippen molar-refractivity contribution in [2.75, 3.05) is 24.8 Å². The molecular formula is C14H16N4O2. The molecule has 0 atom stereocenters. The van der Waals surface area contributed by atoms with Crippen LogP contribution < -0.4 is 10.6 Å². The number of carbonyl (C=O) groups is 1. The van der Waals surface area contributed by atoms with Gasteiger partial charge in [0.05, 0.1) is 19.5 Å². The van der Waals surface area contributed by atoms with E-state index in [1.54, 1.807) is 6.20 Å². The summed E-state index contributed by atoms with van der Waals surface area (Å²) in [6.45, 7) is 0.638. The number of nitrogens with zero attached hydrogens (tertiary/aromatic N) is 3. The molecule has 6 nitrogen and oxygen atoms in total. The number of hydrogen-bond donors (Lipinski definition) is 1. The predicted molar refractivity (Wildman–Crippen MR) is 76.3 cm³/mol. The van der Waals surface area contributed by atoms with Gasteiger partial charge in [-0.3, -0.25) is 4.98 Å². The lowest BCUT2D eigenvalue weighted by Crippen LogP contribution is -2.19. The quantitative estimate of drug-likeness (QED) is 0.670. The van der Waals surface area contributed by atoms with Gasteiger partial charge in [-0.2, -0.15) is 0 Å². The van der Waals surface area contributed by atoms with Crippen LogP contribution in [0.15, 0.2) is 36.7 Å². The van der Waals surface area contributed by atoms with E-state index in [9.17, 15) is 4.79 Å². The van der Waals surface area contributed by atoms with Crippen LogP contribution in [-0.2, 0) is 11.3 Å². The number of carbonyl (C=O) groups excluding carboxylic acids is 1. The first-order valence-electron chi connectivity index (χ1n) is 6.06. The first-order chi connectivity index (χ1) is 9.60. The fourth-order valence-corrected chi connectivity index (χ4v) is 1.72. The Balaban J connectivity index is 2.14. The monoisotopic (exact) mass is 272 g/mol. The summed E-state index contributed by atoms with van der Waals surface area (Å²) in [7, 11) is 3.19. The van der Waals surface area contributed by atoms with Crippen LogP contribution in [0.5, 0.6) is 0 Å². The van der Waals surface area contributed by atoms with Crippen molar-refractivity contribution in [3.8, 4) is 0 Å². The lowest BCUT2D eigenvalue weighted by Gasteiger charge is -2.18. The number of methoxy groups -OCH3 is 1. The fourth-order valence-electron chi connectivity index (χ4n) is 1.72. The molecule has 1 aromatic heterocycles. The maximum Gasteiger partial charge on any atom is 0.358 e. The number of ether oxygens (including phenoxy) is 1. The molecule has 0 fully saturated rings. The number of esters is 1. The Hall–Kier alpha value is -2.63. The van der Waals surface area contributed by atoms with Gasteiger partial charge in [-0.05, 0) is 17.7 Å². The third-order valence-corrected chi connectivity index (χ3v) is 2.81. The Morgan fingerprint density at radius 2 is 2.00 bits per heavy atom. The molecule has 0 bridgehead atoms. The largest absolute Gasteiger partial charge is 0.464 e. The lowest BCUT2D eigenvalue weighted by atomic mass is 10.2. The van der Waals surface area contributed by atoms with Crippen molar-refractivity contribution in [3.05, 3.63) is 47.9 Å². The SMILES string of the molecule is COC(=O)c1cncc(N(C)Cc2ccc(N)cc2)n1. The van der Waals surface area contributed by atoms with E-state index in [4.69, 9.17) is 5.73 Å². The molecule has 1 aromatic carbocycles. The minimum atomic E-state index is -0.500. The molecule has 0 spiro atoms. The second kappa shape index (κ2) is 6.01. The number of hydrogen-bond acceptors (Lipinski definition) is 6. The zero-order valence-electron chi connectivity index (χ0n) is 11.4. The summed E-state index contributed by atoms with van der Waals surface area (Å²) in [4.78, 5) is 21.5. The molecule has 1 heterocycles. The van der Waals surface area contributed by atoms with Gasteiger partial charge in [-0.25, -0.2) is 9.78 Å². The number of benzene rings is 1. The third kappa shape index (κ3) is 3.23. The van der Waals surface area contributed by atoms with Gasteiger partial charge in [0.1, 0.15) is 5.82 Å². The summed E-state index contributed by atoms with van der Waals surface area (Å²) in [5.74, 6) is 0.102. The summed E-state index contributed by atoms with van der Waals surface area (Å²) in [5, 5.41) is 0. The van der Waals surface area contributed by atoms with Gasteiger partial charge in [0.15, 0.2) is 5.69 Å². The molecule has 0 radical (unpaired) electrons. The maximum absolute atomic E-state index is 11.4. The van der Waals surface area contributed by atoms with Crippen LogP contribution >= 0.6 is 0 Å². The van der Waals surface area contributed by atoms with Crippen molar-refractivity contribution < 1.29 is 9.53 Å². The van der Waals surface area contributed by atoms with Crippen molar-refractivity contribution >= 4 is 17.5 Å². The fraction of sp³-hybridized carbons (Fsp3) is 0.214. The molecule has 6 heteroatoms. The van der Waals surface area contributed by atoms with Crippen molar-refractivity contribution in [3.63, 3.8) is 0 Å². The number of anilines is 2. The molecule has 0 saturated carbocycles. The lowest BCUT2D eigenvalue weighted by molar-refractivity contribution is 0.0593. The summed E-state index contributed by atoms with van der Waals surface area (Å²) >= 11 is 0. The highest BCUT2D eigenvalue weighted by Gasteiger charge is 2.11. The van der Waals surface area contributed by atoms with E-state index in [0.29, 0.717) is 12.4 Å². The van der Waals surface area contributed by atoms with Gasteiger partial charge in [0, 0.05) is 19.3 Å². The van der Waals surface area contributed by atoms with Crippen LogP contribution in [0, 0.1) is 0 Å². The predicted octanol–water partition coefficient (Wildman–Crippen LogP) is 1.48. The van der Waals surface area contributed by atoms with Gasteiger partial charge in [0.2, 0.25) is 0 Å². The highest BCUT2D eigenvalue weighted by atomic mass is 16.5. The highest BCUT2D eigenvalue weighted by molar-refractivity contribution is 5.87. The zero-order valence-corrected chi connectivity index (χ0v) is 11.4. The number of nitrogen functional groups attached to an aromatic ring is 1. The van der Waals surface area contributed by atoms with Crippen molar-refractivity contribution in [1.29, 1.82) is 0 Å². The number of nitrogens with two attached hydrogens (primary N) is 1. The molecule has 2 rings (SSSR count). The molecule has 20 heavy (non-hydrogen) atoms. The molecule has 0 aliphatic carbocycles. The van der Waals surface area contributed by atoms with Gasteiger partial charge < -0.3 is 15.4 Å².